The van der Waals surface area contributed by atoms with Gasteiger partial charge in [-0.05, 0) is 37.8 Å². The SMILES string of the molecule is COc1ccccc1OCCNC(C)C1CCC1. The molecular weight excluding hydrogens is 226 g/mol. The molecule has 0 bridgehead atoms. The molecule has 0 aromatic heterocycles. The van der Waals surface area contributed by atoms with E-state index in [1.807, 2.05) is 24.3 Å². The molecule has 3 nitrogen and oxygen atoms in total. The minimum Gasteiger partial charge on any atom is -0.493 e. The lowest BCUT2D eigenvalue weighted by Gasteiger charge is -2.32. The molecule has 1 atom stereocenters. The van der Waals surface area contributed by atoms with Gasteiger partial charge in [-0.25, -0.2) is 0 Å². The molecule has 3 heteroatoms. The smallest absolute Gasteiger partial charge is 0.161 e. The maximum atomic E-state index is 5.72. The molecule has 0 aliphatic heterocycles. The molecule has 1 aromatic rings. The average Bonchev–Trinajstić information content (AvgIpc) is 2.33. The van der Waals surface area contributed by atoms with Crippen LogP contribution in [0.2, 0.25) is 0 Å². The normalized spacial score (nSPS) is 17.0. The van der Waals surface area contributed by atoms with Crippen LogP contribution in [0.25, 0.3) is 0 Å². The van der Waals surface area contributed by atoms with Crippen LogP contribution in [-0.4, -0.2) is 26.3 Å². The van der Waals surface area contributed by atoms with E-state index in [0.717, 1.165) is 24.0 Å². The van der Waals surface area contributed by atoms with Crippen LogP contribution >= 0.6 is 0 Å². The van der Waals surface area contributed by atoms with Crippen LogP contribution in [0.15, 0.2) is 24.3 Å². The molecule has 1 N–H and O–H groups in total. The van der Waals surface area contributed by atoms with Crippen molar-refractivity contribution in [3.05, 3.63) is 24.3 Å². The maximum absolute atomic E-state index is 5.72. The number of ether oxygens (including phenoxy) is 2. The number of nitrogens with one attached hydrogen (secondary N) is 1. The highest BCUT2D eigenvalue weighted by atomic mass is 16.5. The first kappa shape index (κ1) is 13.2. The van der Waals surface area contributed by atoms with Gasteiger partial charge in [-0.3, -0.25) is 0 Å². The Morgan fingerprint density at radius 1 is 1.28 bits per heavy atom. The number of methoxy groups -OCH3 is 1. The molecule has 2 rings (SSSR count). The van der Waals surface area contributed by atoms with Crippen LogP contribution < -0.4 is 14.8 Å². The van der Waals surface area contributed by atoms with Gasteiger partial charge in [0.2, 0.25) is 0 Å². The second kappa shape index (κ2) is 6.64. The molecule has 0 spiro atoms. The van der Waals surface area contributed by atoms with Crippen LogP contribution in [0, 0.1) is 5.92 Å². The molecule has 1 aliphatic rings. The van der Waals surface area contributed by atoms with E-state index in [2.05, 4.69) is 12.2 Å². The average molecular weight is 249 g/mol. The summed E-state index contributed by atoms with van der Waals surface area (Å²) < 4.78 is 11.0. The Bertz CT molecular complexity index is 363. The third-order valence-electron chi connectivity index (χ3n) is 3.75. The van der Waals surface area contributed by atoms with E-state index in [9.17, 15) is 0 Å². The lowest BCUT2D eigenvalue weighted by Crippen LogP contribution is -2.39. The highest BCUT2D eigenvalue weighted by Gasteiger charge is 2.23. The molecule has 100 valence electrons. The number of hydrogen-bond acceptors (Lipinski definition) is 3. The van der Waals surface area contributed by atoms with Gasteiger partial charge in [-0.2, -0.15) is 0 Å². The molecule has 1 aromatic carbocycles. The topological polar surface area (TPSA) is 30.5 Å². The van der Waals surface area contributed by atoms with Gasteiger partial charge in [0, 0.05) is 12.6 Å². The molecule has 1 unspecified atom stereocenters. The third-order valence-corrected chi connectivity index (χ3v) is 3.75. The quantitative estimate of drug-likeness (QED) is 0.754. The Labute approximate surface area is 109 Å². The van der Waals surface area contributed by atoms with Crippen molar-refractivity contribution in [2.24, 2.45) is 5.92 Å². The first-order chi connectivity index (χ1) is 8.81. The molecule has 18 heavy (non-hydrogen) atoms. The van der Waals surface area contributed by atoms with Gasteiger partial charge in [0.05, 0.1) is 7.11 Å². The van der Waals surface area contributed by atoms with E-state index in [-0.39, 0.29) is 0 Å². The summed E-state index contributed by atoms with van der Waals surface area (Å²) in [6.45, 7) is 3.83. The minimum atomic E-state index is 0.611. The Morgan fingerprint density at radius 3 is 2.61 bits per heavy atom. The van der Waals surface area contributed by atoms with Crippen molar-refractivity contribution in [3.8, 4) is 11.5 Å². The summed E-state index contributed by atoms with van der Waals surface area (Å²) in [6, 6.07) is 8.37. The van der Waals surface area contributed by atoms with Crippen molar-refractivity contribution in [2.75, 3.05) is 20.3 Å². The highest BCUT2D eigenvalue weighted by molar-refractivity contribution is 5.39. The molecule has 1 aliphatic carbocycles. The van der Waals surface area contributed by atoms with Gasteiger partial charge >= 0.3 is 0 Å². The van der Waals surface area contributed by atoms with Gasteiger partial charge in [-0.1, -0.05) is 18.6 Å². The second-order valence-corrected chi connectivity index (χ2v) is 4.93. The summed E-state index contributed by atoms with van der Waals surface area (Å²) in [7, 11) is 1.67. The Kier molecular flexibility index (Phi) is 4.88. The Morgan fingerprint density at radius 2 is 2.00 bits per heavy atom. The number of benzene rings is 1. The van der Waals surface area contributed by atoms with Crippen molar-refractivity contribution in [3.63, 3.8) is 0 Å². The highest BCUT2D eigenvalue weighted by Crippen LogP contribution is 2.29. The van der Waals surface area contributed by atoms with Crippen molar-refractivity contribution < 1.29 is 9.47 Å². The molecule has 1 fully saturated rings. The standard InChI is InChI=1S/C15H23NO2/c1-12(13-6-5-7-13)16-10-11-18-15-9-4-3-8-14(15)17-2/h3-4,8-9,12-13,16H,5-7,10-11H2,1-2H3. The fraction of sp³-hybridized carbons (Fsp3) is 0.600. The summed E-state index contributed by atoms with van der Waals surface area (Å²) >= 11 is 0. The first-order valence-corrected chi connectivity index (χ1v) is 6.80. The lowest BCUT2D eigenvalue weighted by molar-refractivity contribution is 0.224. The molecule has 0 amide bonds. The Balaban J connectivity index is 1.68. The molecule has 0 saturated heterocycles. The van der Waals surface area contributed by atoms with Gasteiger partial charge < -0.3 is 14.8 Å². The van der Waals surface area contributed by atoms with Crippen LogP contribution in [-0.2, 0) is 0 Å². The van der Waals surface area contributed by atoms with Gasteiger partial charge in [-0.15, -0.1) is 0 Å². The van der Waals surface area contributed by atoms with Gasteiger partial charge in [0.25, 0.3) is 0 Å². The number of para-hydroxylation sites is 2. The van der Waals surface area contributed by atoms with Crippen molar-refractivity contribution >= 4 is 0 Å². The van der Waals surface area contributed by atoms with E-state index in [1.54, 1.807) is 7.11 Å². The predicted molar refractivity (Wildman–Crippen MR) is 73.3 cm³/mol. The van der Waals surface area contributed by atoms with Crippen LogP contribution in [0.1, 0.15) is 26.2 Å². The monoisotopic (exact) mass is 249 g/mol. The van der Waals surface area contributed by atoms with Crippen molar-refractivity contribution in [2.45, 2.75) is 32.2 Å². The van der Waals surface area contributed by atoms with E-state index in [1.165, 1.54) is 19.3 Å². The Hall–Kier alpha value is -1.22. The van der Waals surface area contributed by atoms with Crippen LogP contribution in [0.3, 0.4) is 0 Å². The maximum Gasteiger partial charge on any atom is 0.161 e. The summed E-state index contributed by atoms with van der Waals surface area (Å²) in [5, 5.41) is 3.53. The van der Waals surface area contributed by atoms with Crippen LogP contribution in [0.5, 0.6) is 11.5 Å². The second-order valence-electron chi connectivity index (χ2n) is 4.93. The lowest BCUT2D eigenvalue weighted by atomic mass is 9.80. The fourth-order valence-corrected chi connectivity index (χ4v) is 2.29. The van der Waals surface area contributed by atoms with E-state index in [0.29, 0.717) is 12.6 Å². The zero-order valence-electron chi connectivity index (χ0n) is 11.3. The van der Waals surface area contributed by atoms with Crippen LogP contribution in [0.4, 0.5) is 0 Å². The summed E-state index contributed by atoms with van der Waals surface area (Å²) in [4.78, 5) is 0. The third kappa shape index (κ3) is 3.39. The van der Waals surface area contributed by atoms with Crippen molar-refractivity contribution in [1.82, 2.24) is 5.32 Å². The van der Waals surface area contributed by atoms with E-state index >= 15 is 0 Å². The largest absolute Gasteiger partial charge is 0.493 e. The number of hydrogen-bond donors (Lipinski definition) is 1. The van der Waals surface area contributed by atoms with E-state index in [4.69, 9.17) is 9.47 Å². The predicted octanol–water partition coefficient (Wildman–Crippen LogP) is 2.85. The van der Waals surface area contributed by atoms with Gasteiger partial charge in [0.15, 0.2) is 11.5 Å². The molecular formula is C15H23NO2. The zero-order valence-corrected chi connectivity index (χ0v) is 11.3. The zero-order chi connectivity index (χ0) is 12.8. The fourth-order valence-electron chi connectivity index (χ4n) is 2.29. The number of rotatable bonds is 7. The molecule has 0 radical (unpaired) electrons. The van der Waals surface area contributed by atoms with Gasteiger partial charge in [0.1, 0.15) is 6.61 Å². The van der Waals surface area contributed by atoms with E-state index < -0.39 is 0 Å². The summed E-state index contributed by atoms with van der Waals surface area (Å²) in [6.07, 6.45) is 4.15. The molecule has 1 saturated carbocycles. The molecule has 0 heterocycles. The minimum absolute atomic E-state index is 0.611. The summed E-state index contributed by atoms with van der Waals surface area (Å²) in [5.74, 6) is 2.49. The summed E-state index contributed by atoms with van der Waals surface area (Å²) in [5.41, 5.74) is 0. The first-order valence-electron chi connectivity index (χ1n) is 6.80. The van der Waals surface area contributed by atoms with Crippen molar-refractivity contribution in [1.29, 1.82) is 0 Å².